The van der Waals surface area contributed by atoms with Crippen molar-refractivity contribution in [3.05, 3.63) is 26.3 Å². The molecule has 5 nitrogen and oxygen atoms in total. The second-order valence-corrected chi connectivity index (χ2v) is 5.59. The number of nitro groups is 1. The van der Waals surface area contributed by atoms with Crippen LogP contribution in [-0.2, 0) is 0 Å². The molecule has 0 atom stereocenters. The molecule has 0 bridgehead atoms. The summed E-state index contributed by atoms with van der Waals surface area (Å²) in [6.07, 6.45) is 5.60. The Morgan fingerprint density at radius 2 is 2.28 bits per heavy atom. The molecule has 1 aromatic rings. The summed E-state index contributed by atoms with van der Waals surface area (Å²) in [6, 6.07) is 0. The maximum atomic E-state index is 10.7. The molecule has 0 amide bonds. The number of unbranched alkanes of at least 4 members (excludes halogenated alkanes) is 1. The largest absolute Gasteiger partial charge is 0.369 e. The molecule has 0 radical (unpaired) electrons. The zero-order chi connectivity index (χ0) is 13.5. The van der Waals surface area contributed by atoms with Crippen LogP contribution >= 0.6 is 27.7 Å². The van der Waals surface area contributed by atoms with Crippen LogP contribution < -0.4 is 5.32 Å². The molecule has 0 aromatic carbocycles. The Kier molecular flexibility index (Phi) is 6.42. The monoisotopic (exact) mass is 333 g/mol. The molecule has 0 saturated carbocycles. The number of rotatable bonds is 7. The van der Waals surface area contributed by atoms with Gasteiger partial charge in [0.05, 0.1) is 9.40 Å². The van der Waals surface area contributed by atoms with Crippen LogP contribution in [0.5, 0.6) is 0 Å². The Bertz CT molecular complexity index is 429. The van der Waals surface area contributed by atoms with Gasteiger partial charge in [0.2, 0.25) is 0 Å². The number of hydrogen-bond donors (Lipinski definition) is 1. The van der Waals surface area contributed by atoms with E-state index in [0.717, 1.165) is 25.1 Å². The van der Waals surface area contributed by atoms with Crippen molar-refractivity contribution < 1.29 is 4.92 Å². The van der Waals surface area contributed by atoms with Gasteiger partial charge in [0, 0.05) is 12.1 Å². The van der Waals surface area contributed by atoms with Gasteiger partial charge in [0.1, 0.15) is 12.0 Å². The fourth-order valence-electron chi connectivity index (χ4n) is 1.45. The Morgan fingerprint density at radius 1 is 1.56 bits per heavy atom. The van der Waals surface area contributed by atoms with Crippen molar-refractivity contribution in [2.24, 2.45) is 0 Å². The predicted molar refractivity (Wildman–Crippen MR) is 79.4 cm³/mol. The molecule has 1 aromatic heterocycles. The first-order valence-electron chi connectivity index (χ1n) is 5.60. The van der Waals surface area contributed by atoms with Gasteiger partial charge in [-0.05, 0) is 47.7 Å². The Labute approximate surface area is 119 Å². The summed E-state index contributed by atoms with van der Waals surface area (Å²) in [5.74, 6) is 1.82. The van der Waals surface area contributed by atoms with E-state index in [1.165, 1.54) is 6.20 Å². The predicted octanol–water partition coefficient (Wildman–Crippen LogP) is 3.62. The molecule has 0 saturated heterocycles. The topological polar surface area (TPSA) is 68.1 Å². The molecule has 1 rings (SSSR count). The number of hydrogen-bond acceptors (Lipinski definition) is 5. The summed E-state index contributed by atoms with van der Waals surface area (Å²) >= 11 is 5.18. The molecule has 0 fully saturated rings. The van der Waals surface area contributed by atoms with Crippen molar-refractivity contribution in [1.82, 2.24) is 4.98 Å². The molecular weight excluding hydrogens is 318 g/mol. The molecule has 18 heavy (non-hydrogen) atoms. The van der Waals surface area contributed by atoms with Crippen molar-refractivity contribution >= 4 is 39.2 Å². The quantitative estimate of drug-likeness (QED) is 0.469. The number of halogens is 1. The van der Waals surface area contributed by atoms with E-state index in [4.69, 9.17) is 0 Å². The van der Waals surface area contributed by atoms with Crippen molar-refractivity contribution in [3.8, 4) is 0 Å². The average Bonchev–Trinajstić information content (AvgIpc) is 2.33. The van der Waals surface area contributed by atoms with Gasteiger partial charge in [-0.1, -0.05) is 0 Å². The Hall–Kier alpha value is -0.820. The normalized spacial score (nSPS) is 10.4. The molecule has 0 aliphatic carbocycles. The van der Waals surface area contributed by atoms with Crippen LogP contribution in [-0.4, -0.2) is 28.5 Å². The molecule has 1 heterocycles. The second kappa shape index (κ2) is 7.58. The second-order valence-electron chi connectivity index (χ2n) is 3.81. The third kappa shape index (κ3) is 4.13. The molecule has 7 heteroatoms. The zero-order valence-corrected chi connectivity index (χ0v) is 12.8. The third-order valence-electron chi connectivity index (χ3n) is 2.50. The maximum Gasteiger partial charge on any atom is 0.291 e. The lowest BCUT2D eigenvalue weighted by Gasteiger charge is -2.09. The van der Waals surface area contributed by atoms with Crippen molar-refractivity contribution in [1.29, 1.82) is 0 Å². The van der Waals surface area contributed by atoms with E-state index < -0.39 is 4.92 Å². The maximum absolute atomic E-state index is 10.7. The molecule has 100 valence electrons. The zero-order valence-electron chi connectivity index (χ0n) is 10.4. The van der Waals surface area contributed by atoms with E-state index in [1.807, 2.05) is 11.8 Å². The van der Waals surface area contributed by atoms with Crippen LogP contribution in [0.3, 0.4) is 0 Å². The number of aromatic nitrogens is 1. The summed E-state index contributed by atoms with van der Waals surface area (Å²) in [6.45, 7) is 2.53. The van der Waals surface area contributed by atoms with Crippen LogP contribution in [0.4, 0.5) is 11.5 Å². The first-order chi connectivity index (χ1) is 8.57. The van der Waals surface area contributed by atoms with Crippen LogP contribution in [0, 0.1) is 17.0 Å². The first kappa shape index (κ1) is 15.2. The highest BCUT2D eigenvalue weighted by Crippen LogP contribution is 2.30. The smallest absolute Gasteiger partial charge is 0.291 e. The lowest BCUT2D eigenvalue weighted by atomic mass is 10.2. The van der Waals surface area contributed by atoms with Gasteiger partial charge >= 0.3 is 0 Å². The summed E-state index contributed by atoms with van der Waals surface area (Å²) in [4.78, 5) is 14.4. The average molecular weight is 334 g/mol. The van der Waals surface area contributed by atoms with Gasteiger partial charge in [-0.25, -0.2) is 4.98 Å². The van der Waals surface area contributed by atoms with E-state index in [9.17, 15) is 10.1 Å². The van der Waals surface area contributed by atoms with E-state index in [-0.39, 0.29) is 5.69 Å². The van der Waals surface area contributed by atoms with E-state index in [2.05, 4.69) is 32.5 Å². The third-order valence-corrected chi connectivity index (χ3v) is 4.17. The van der Waals surface area contributed by atoms with Gasteiger partial charge in [-0.2, -0.15) is 11.8 Å². The summed E-state index contributed by atoms with van der Waals surface area (Å²) in [5, 5.41) is 13.9. The minimum absolute atomic E-state index is 0.0369. The van der Waals surface area contributed by atoms with Crippen molar-refractivity contribution in [2.75, 3.05) is 23.9 Å². The fraction of sp³-hybridized carbons (Fsp3) is 0.545. The molecule has 0 unspecified atom stereocenters. The van der Waals surface area contributed by atoms with Gasteiger partial charge in [0.25, 0.3) is 5.69 Å². The highest BCUT2D eigenvalue weighted by molar-refractivity contribution is 9.10. The number of nitrogens with zero attached hydrogens (tertiary/aromatic N) is 2. The molecular formula is C11H16BrN3O2S. The standard InChI is InChI=1S/C11H16BrN3O2S/c1-8-9(15(16)17)7-14-11(10(8)12)13-5-3-4-6-18-2/h7H,3-6H2,1-2H3,(H,13,14). The molecule has 1 N–H and O–H groups in total. The van der Waals surface area contributed by atoms with Crippen LogP contribution in [0.1, 0.15) is 18.4 Å². The molecule has 0 aliphatic heterocycles. The molecule has 0 aliphatic rings. The Balaban J connectivity index is 2.62. The minimum atomic E-state index is -0.421. The van der Waals surface area contributed by atoms with Gasteiger partial charge in [-0.3, -0.25) is 10.1 Å². The number of pyridine rings is 1. The fourth-order valence-corrected chi connectivity index (χ4v) is 2.39. The van der Waals surface area contributed by atoms with Gasteiger partial charge < -0.3 is 5.32 Å². The first-order valence-corrected chi connectivity index (χ1v) is 7.79. The lowest BCUT2D eigenvalue weighted by Crippen LogP contribution is -2.06. The molecule has 0 spiro atoms. The number of nitrogens with one attached hydrogen (secondary N) is 1. The number of thioether (sulfide) groups is 1. The van der Waals surface area contributed by atoms with E-state index >= 15 is 0 Å². The van der Waals surface area contributed by atoms with Gasteiger partial charge in [0.15, 0.2) is 0 Å². The van der Waals surface area contributed by atoms with Gasteiger partial charge in [-0.15, -0.1) is 0 Å². The Morgan fingerprint density at radius 3 is 2.89 bits per heavy atom. The highest BCUT2D eigenvalue weighted by atomic mass is 79.9. The SMILES string of the molecule is CSCCCCNc1ncc([N+](=O)[O-])c(C)c1Br. The van der Waals surface area contributed by atoms with Crippen molar-refractivity contribution in [2.45, 2.75) is 19.8 Å². The lowest BCUT2D eigenvalue weighted by molar-refractivity contribution is -0.385. The van der Waals surface area contributed by atoms with Crippen LogP contribution in [0.15, 0.2) is 10.7 Å². The summed E-state index contributed by atoms with van der Waals surface area (Å²) in [5.41, 5.74) is 0.636. The van der Waals surface area contributed by atoms with E-state index in [1.54, 1.807) is 6.92 Å². The summed E-state index contributed by atoms with van der Waals surface area (Å²) in [7, 11) is 0. The number of anilines is 1. The van der Waals surface area contributed by atoms with Crippen molar-refractivity contribution in [3.63, 3.8) is 0 Å². The van der Waals surface area contributed by atoms with Crippen LogP contribution in [0.2, 0.25) is 0 Å². The minimum Gasteiger partial charge on any atom is -0.369 e. The highest BCUT2D eigenvalue weighted by Gasteiger charge is 2.16. The summed E-state index contributed by atoms with van der Waals surface area (Å²) < 4.78 is 0.668. The van der Waals surface area contributed by atoms with E-state index in [0.29, 0.717) is 15.9 Å². The van der Waals surface area contributed by atoms with Crippen LogP contribution in [0.25, 0.3) is 0 Å².